The number of nitrogens with zero attached hydrogens (tertiary/aromatic N) is 3. The van der Waals surface area contributed by atoms with Gasteiger partial charge in [0.2, 0.25) is 0 Å². The maximum Gasteiger partial charge on any atom is 0.105 e. The predicted molar refractivity (Wildman–Crippen MR) is 101 cm³/mol. The van der Waals surface area contributed by atoms with E-state index in [1.54, 1.807) is 20.9 Å². The molecule has 4 aliphatic heterocycles. The molecule has 4 unspecified atom stereocenters. The molecular weight excluding hydrogens is 317 g/mol. The Hall–Kier alpha value is -1.49. The summed E-state index contributed by atoms with van der Waals surface area (Å²) in [6.45, 7) is 7.32. The number of halogens is 1. The molecule has 0 N–H and O–H groups in total. The summed E-state index contributed by atoms with van der Waals surface area (Å²) in [4.78, 5) is 11.3. The van der Waals surface area contributed by atoms with Gasteiger partial charge in [-0.15, -0.1) is 0 Å². The van der Waals surface area contributed by atoms with Crippen molar-refractivity contribution in [2.45, 2.75) is 83.3 Å². The standard InChI is InChI=1S/C20H30FN3O/c1-13(10-15(22-5)6-8-20(3,4)21)7-9-23-14(2)24-16-11-18-17(24)12-19(16)25-18/h7,9-10,16-19H,6,8,11-12H2,1-5H3/b9-7-,13-10+,22-15?,23-14?. The summed E-state index contributed by atoms with van der Waals surface area (Å²) >= 11 is 0. The van der Waals surface area contributed by atoms with Crippen molar-refractivity contribution >= 4 is 11.5 Å². The van der Waals surface area contributed by atoms with Crippen LogP contribution in [0.1, 0.15) is 53.4 Å². The van der Waals surface area contributed by atoms with Crippen LogP contribution in [-0.4, -0.2) is 53.5 Å². The second kappa shape index (κ2) is 7.02. The smallest absolute Gasteiger partial charge is 0.105 e. The van der Waals surface area contributed by atoms with Gasteiger partial charge in [0.05, 0.1) is 24.3 Å². The van der Waals surface area contributed by atoms with Gasteiger partial charge in [-0.1, -0.05) is 0 Å². The van der Waals surface area contributed by atoms with Crippen molar-refractivity contribution < 1.29 is 9.13 Å². The molecule has 25 heavy (non-hydrogen) atoms. The zero-order chi connectivity index (χ0) is 18.2. The van der Waals surface area contributed by atoms with E-state index in [-0.39, 0.29) is 0 Å². The zero-order valence-electron chi connectivity index (χ0n) is 16.0. The molecule has 4 saturated heterocycles. The summed E-state index contributed by atoms with van der Waals surface area (Å²) in [5, 5.41) is 0. The molecule has 4 bridgehead atoms. The monoisotopic (exact) mass is 347 g/mol. The molecule has 0 saturated carbocycles. The van der Waals surface area contributed by atoms with E-state index in [0.29, 0.717) is 37.1 Å². The lowest BCUT2D eigenvalue weighted by molar-refractivity contribution is 0.0469. The molecule has 0 aromatic rings. The topological polar surface area (TPSA) is 37.2 Å². The van der Waals surface area contributed by atoms with E-state index in [2.05, 4.69) is 21.8 Å². The molecule has 4 atom stereocenters. The van der Waals surface area contributed by atoms with Gasteiger partial charge in [0.15, 0.2) is 0 Å². The number of hydrogen-bond donors (Lipinski definition) is 0. The van der Waals surface area contributed by atoms with Crippen molar-refractivity contribution in [2.75, 3.05) is 7.05 Å². The van der Waals surface area contributed by atoms with Crippen LogP contribution in [0.5, 0.6) is 0 Å². The molecule has 5 heteroatoms. The minimum atomic E-state index is -1.16. The average molecular weight is 347 g/mol. The van der Waals surface area contributed by atoms with Crippen molar-refractivity contribution in [2.24, 2.45) is 9.98 Å². The van der Waals surface area contributed by atoms with Gasteiger partial charge < -0.3 is 9.64 Å². The molecule has 4 nitrogen and oxygen atoms in total. The molecule has 138 valence electrons. The molecule has 0 aromatic carbocycles. The Morgan fingerprint density at radius 2 is 1.88 bits per heavy atom. The summed E-state index contributed by atoms with van der Waals surface area (Å²) in [7, 11) is 1.76. The first kappa shape index (κ1) is 18.3. The lowest BCUT2D eigenvalue weighted by Gasteiger charge is -2.27. The number of hydrogen-bond acceptors (Lipinski definition) is 3. The van der Waals surface area contributed by atoms with E-state index < -0.39 is 5.67 Å². The van der Waals surface area contributed by atoms with E-state index >= 15 is 0 Å². The number of alkyl halides is 1. The normalized spacial score (nSPS) is 32.7. The first-order chi connectivity index (χ1) is 11.8. The van der Waals surface area contributed by atoms with Crippen LogP contribution < -0.4 is 0 Å². The van der Waals surface area contributed by atoms with Crippen molar-refractivity contribution in [1.82, 2.24) is 4.90 Å². The van der Waals surface area contributed by atoms with Crippen molar-refractivity contribution in [3.63, 3.8) is 0 Å². The van der Waals surface area contributed by atoms with Gasteiger partial charge >= 0.3 is 0 Å². The number of amidine groups is 1. The second-order valence-electron chi connectivity index (χ2n) is 8.04. The molecule has 4 heterocycles. The third kappa shape index (κ3) is 4.02. The Kier molecular flexibility index (Phi) is 5.14. The van der Waals surface area contributed by atoms with E-state index in [1.807, 2.05) is 25.3 Å². The van der Waals surface area contributed by atoms with Crippen molar-refractivity contribution in [3.8, 4) is 0 Å². The first-order valence-electron chi connectivity index (χ1n) is 9.26. The van der Waals surface area contributed by atoms with Gasteiger partial charge in [0.25, 0.3) is 0 Å². The highest BCUT2D eigenvalue weighted by atomic mass is 19.1. The summed E-state index contributed by atoms with van der Waals surface area (Å²) in [5.41, 5.74) is 0.835. The summed E-state index contributed by atoms with van der Waals surface area (Å²) < 4.78 is 19.5. The second-order valence-corrected chi connectivity index (χ2v) is 8.04. The highest BCUT2D eigenvalue weighted by Crippen LogP contribution is 2.48. The average Bonchev–Trinajstić information content (AvgIpc) is 3.25. The van der Waals surface area contributed by atoms with Crippen molar-refractivity contribution in [1.29, 1.82) is 0 Å². The van der Waals surface area contributed by atoms with Gasteiger partial charge in [-0.3, -0.25) is 4.99 Å². The molecule has 0 aliphatic carbocycles. The third-order valence-corrected chi connectivity index (χ3v) is 5.50. The number of aliphatic imine (C=N–C) groups is 2. The fraction of sp³-hybridized carbons (Fsp3) is 0.700. The molecule has 4 rings (SSSR count). The Balaban J connectivity index is 1.56. The van der Waals surface area contributed by atoms with Gasteiger partial charge in [-0.2, -0.15) is 0 Å². The maximum atomic E-state index is 13.6. The van der Waals surface area contributed by atoms with Gasteiger partial charge in [0.1, 0.15) is 11.5 Å². The number of rotatable bonds is 6. The van der Waals surface area contributed by atoms with Crippen LogP contribution in [0.3, 0.4) is 0 Å². The molecule has 0 aromatic heterocycles. The highest BCUT2D eigenvalue weighted by Gasteiger charge is 2.60. The number of allylic oxidation sites excluding steroid dienone is 3. The highest BCUT2D eigenvalue weighted by molar-refractivity contribution is 5.95. The summed E-state index contributed by atoms with van der Waals surface area (Å²) in [5.74, 6) is 1.08. The summed E-state index contributed by atoms with van der Waals surface area (Å²) in [6, 6.07) is 1.07. The van der Waals surface area contributed by atoms with E-state index in [1.165, 1.54) is 0 Å². The fourth-order valence-corrected chi connectivity index (χ4v) is 4.24. The Morgan fingerprint density at radius 1 is 1.24 bits per heavy atom. The lowest BCUT2D eigenvalue weighted by atomic mass is 10.0. The Bertz CT molecular complexity index is 613. The van der Waals surface area contributed by atoms with Gasteiger partial charge in [-0.25, -0.2) is 9.38 Å². The van der Waals surface area contributed by atoms with Crippen LogP contribution in [0.2, 0.25) is 0 Å². The molecule has 0 spiro atoms. The van der Waals surface area contributed by atoms with E-state index in [0.717, 1.165) is 30.0 Å². The largest absolute Gasteiger partial charge is 0.371 e. The zero-order valence-corrected chi connectivity index (χ0v) is 16.0. The molecular formula is C20H30FN3O. The van der Waals surface area contributed by atoms with Crippen LogP contribution in [0.4, 0.5) is 4.39 Å². The van der Waals surface area contributed by atoms with Crippen LogP contribution >= 0.6 is 0 Å². The predicted octanol–water partition coefficient (Wildman–Crippen LogP) is 4.08. The van der Waals surface area contributed by atoms with Gasteiger partial charge in [-0.05, 0) is 71.1 Å². The molecule has 4 aliphatic rings. The number of morpholine rings is 1. The van der Waals surface area contributed by atoms with E-state index in [4.69, 9.17) is 4.74 Å². The minimum absolute atomic E-state index is 0.425. The van der Waals surface area contributed by atoms with Crippen LogP contribution in [-0.2, 0) is 4.74 Å². The van der Waals surface area contributed by atoms with Crippen LogP contribution in [0, 0.1) is 0 Å². The van der Waals surface area contributed by atoms with Crippen molar-refractivity contribution in [3.05, 3.63) is 23.9 Å². The summed E-state index contributed by atoms with van der Waals surface area (Å²) in [6.07, 6.45) is 10.2. The molecule has 4 fully saturated rings. The van der Waals surface area contributed by atoms with E-state index in [9.17, 15) is 4.39 Å². The Labute approximate surface area is 150 Å². The van der Waals surface area contributed by atoms with Gasteiger partial charge in [0, 0.05) is 19.0 Å². The minimum Gasteiger partial charge on any atom is -0.371 e. The van der Waals surface area contributed by atoms with Crippen LogP contribution in [0.25, 0.3) is 0 Å². The van der Waals surface area contributed by atoms with Crippen LogP contribution in [0.15, 0.2) is 33.9 Å². The molecule has 0 radical (unpaired) electrons. The third-order valence-electron chi connectivity index (χ3n) is 5.50. The fourth-order valence-electron chi connectivity index (χ4n) is 4.24. The Morgan fingerprint density at radius 3 is 2.40 bits per heavy atom. The first-order valence-corrected chi connectivity index (χ1v) is 9.26. The maximum absolute atomic E-state index is 13.6. The number of ether oxygens (including phenoxy) is 1. The lowest BCUT2D eigenvalue weighted by Crippen LogP contribution is -2.40. The molecule has 0 amide bonds. The quantitative estimate of drug-likeness (QED) is 0.412. The SMILES string of the molecule is CN=C(/C=C(C)/C=C\N=C(C)N1C2CC3OC2CC31)CCC(C)(C)F.